The van der Waals surface area contributed by atoms with Gasteiger partial charge in [0.1, 0.15) is 0 Å². The van der Waals surface area contributed by atoms with E-state index in [-0.39, 0.29) is 6.04 Å². The summed E-state index contributed by atoms with van der Waals surface area (Å²) in [6.45, 7) is 0. The molecule has 0 N–H and O–H groups in total. The fraction of sp³-hybridized carbons (Fsp3) is 0.167. The van der Waals surface area contributed by atoms with Crippen molar-refractivity contribution in [1.82, 2.24) is 4.57 Å². The van der Waals surface area contributed by atoms with Gasteiger partial charge in [-0.2, -0.15) is 0 Å². The lowest BCUT2D eigenvalue weighted by atomic mass is 9.82. The molecule has 2 heteroatoms. The number of hydrogen-bond donors (Lipinski definition) is 0. The molecule has 4 atom stereocenters. The fourth-order valence-electron chi connectivity index (χ4n) is 9.17. The zero-order valence-corrected chi connectivity index (χ0v) is 28.2. The van der Waals surface area contributed by atoms with Crippen molar-refractivity contribution in [3.63, 3.8) is 0 Å². The minimum atomic E-state index is 0.246. The van der Waals surface area contributed by atoms with Gasteiger partial charge in [0.05, 0.1) is 17.8 Å². The topological polar surface area (TPSA) is 8.17 Å². The summed E-state index contributed by atoms with van der Waals surface area (Å²) in [4.78, 5) is 2.71. The minimum absolute atomic E-state index is 0.246. The number of anilines is 1. The largest absolute Gasteiger partial charge is 0.336 e. The van der Waals surface area contributed by atoms with E-state index in [0.717, 1.165) is 25.7 Å². The molecule has 242 valence electrons. The van der Waals surface area contributed by atoms with Gasteiger partial charge in [-0.15, -0.1) is 0 Å². The second-order valence-corrected chi connectivity index (χ2v) is 14.3. The standard InChI is InChI=1S/C48H40N2/c1-4-15-33(16-5-1)36-29-37(34-17-6-2-7-18-34)31-39(30-36)50-46-26-13-10-21-41(46)43-24-14-23-40(48(43)50)35-27-28-47-44(32-35)42-22-11-12-25-45(42)49(47)38-19-8-3-9-20-38/h1-6,8-17,19,21-30,32,37-38,41,46H,7,18,20,31H2. The molecule has 0 saturated heterocycles. The van der Waals surface area contributed by atoms with Crippen molar-refractivity contribution in [3.8, 4) is 11.1 Å². The number of para-hydroxylation sites is 2. The monoisotopic (exact) mass is 644 g/mol. The number of fused-ring (bicyclic) bond motifs is 6. The predicted octanol–water partition coefficient (Wildman–Crippen LogP) is 12.2. The van der Waals surface area contributed by atoms with Gasteiger partial charge >= 0.3 is 0 Å². The van der Waals surface area contributed by atoms with E-state index in [9.17, 15) is 0 Å². The smallest absolute Gasteiger partial charge is 0.0626 e. The second kappa shape index (κ2) is 12.1. The highest BCUT2D eigenvalue weighted by Gasteiger charge is 2.41. The number of hydrogen-bond acceptors (Lipinski definition) is 1. The first-order valence-electron chi connectivity index (χ1n) is 18.3. The second-order valence-electron chi connectivity index (χ2n) is 14.3. The van der Waals surface area contributed by atoms with Crippen LogP contribution in [0.5, 0.6) is 0 Å². The lowest BCUT2D eigenvalue weighted by molar-refractivity contribution is 0.642. The maximum Gasteiger partial charge on any atom is 0.0626 e. The molecule has 5 aliphatic rings. The normalized spacial score (nSPS) is 23.6. The summed E-state index contributed by atoms with van der Waals surface area (Å²) < 4.78 is 2.54. The van der Waals surface area contributed by atoms with Crippen LogP contribution in [0.25, 0.3) is 38.5 Å². The van der Waals surface area contributed by atoms with Crippen LogP contribution in [0.1, 0.15) is 48.8 Å². The van der Waals surface area contributed by atoms with Gasteiger partial charge in [0, 0.05) is 44.9 Å². The van der Waals surface area contributed by atoms with Gasteiger partial charge in [-0.25, -0.2) is 0 Å². The lowest BCUT2D eigenvalue weighted by Crippen LogP contribution is -2.34. The Bertz CT molecular complexity index is 2400. The van der Waals surface area contributed by atoms with Gasteiger partial charge in [0.2, 0.25) is 0 Å². The molecule has 4 aliphatic carbocycles. The van der Waals surface area contributed by atoms with Crippen molar-refractivity contribution in [2.24, 2.45) is 5.92 Å². The molecule has 0 spiro atoms. The van der Waals surface area contributed by atoms with Crippen molar-refractivity contribution in [3.05, 3.63) is 192 Å². The van der Waals surface area contributed by atoms with E-state index in [1.807, 2.05) is 0 Å². The van der Waals surface area contributed by atoms with Gasteiger partial charge in [0.15, 0.2) is 0 Å². The van der Waals surface area contributed by atoms with Crippen LogP contribution in [0, 0.1) is 5.92 Å². The van der Waals surface area contributed by atoms with E-state index in [4.69, 9.17) is 0 Å². The molecule has 4 unspecified atom stereocenters. The molecular weight excluding hydrogens is 605 g/mol. The molecule has 2 nitrogen and oxygen atoms in total. The number of allylic oxidation sites excluding steroid dienone is 14. The highest BCUT2D eigenvalue weighted by Crippen LogP contribution is 2.52. The third-order valence-electron chi connectivity index (χ3n) is 11.5. The number of nitrogens with zero attached hydrogens (tertiary/aromatic N) is 2. The SMILES string of the molecule is C1=CCCC(C2C=C(c3ccccc3)C=C(N3c4c(-c5ccc6c(c5)c5ccccc5n6C5C=CC=CC5)cccc4C4C=CC=CC43)C2)=C1. The predicted molar refractivity (Wildman–Crippen MR) is 211 cm³/mol. The molecule has 0 radical (unpaired) electrons. The van der Waals surface area contributed by atoms with Crippen LogP contribution in [-0.2, 0) is 0 Å². The Balaban J connectivity index is 1.15. The average Bonchev–Trinajstić information content (AvgIpc) is 3.71. The Hall–Kier alpha value is -5.60. The Morgan fingerprint density at radius 2 is 1.52 bits per heavy atom. The van der Waals surface area contributed by atoms with E-state index in [2.05, 4.69) is 179 Å². The zero-order chi connectivity index (χ0) is 33.0. The van der Waals surface area contributed by atoms with Crippen LogP contribution < -0.4 is 4.90 Å². The van der Waals surface area contributed by atoms with Crippen LogP contribution in [0.3, 0.4) is 0 Å². The Labute approximate surface area is 294 Å². The van der Waals surface area contributed by atoms with Crippen molar-refractivity contribution in [2.75, 3.05) is 4.90 Å². The van der Waals surface area contributed by atoms with Gasteiger partial charge in [-0.1, -0.05) is 151 Å². The van der Waals surface area contributed by atoms with E-state index in [0.29, 0.717) is 17.9 Å². The molecule has 4 aromatic carbocycles. The fourth-order valence-corrected chi connectivity index (χ4v) is 9.17. The summed E-state index contributed by atoms with van der Waals surface area (Å²) in [5.74, 6) is 0.688. The van der Waals surface area contributed by atoms with E-state index in [1.54, 1.807) is 5.57 Å². The molecule has 50 heavy (non-hydrogen) atoms. The minimum Gasteiger partial charge on any atom is -0.336 e. The summed E-state index contributed by atoms with van der Waals surface area (Å²) in [7, 11) is 0. The van der Waals surface area contributed by atoms with Crippen molar-refractivity contribution >= 4 is 33.1 Å². The number of rotatable bonds is 5. The first-order chi connectivity index (χ1) is 24.8. The van der Waals surface area contributed by atoms with Crippen LogP contribution in [0.4, 0.5) is 5.69 Å². The molecule has 0 saturated carbocycles. The van der Waals surface area contributed by atoms with Crippen molar-refractivity contribution in [1.29, 1.82) is 0 Å². The molecule has 10 rings (SSSR count). The van der Waals surface area contributed by atoms with Gasteiger partial charge in [-0.05, 0) is 72.2 Å². The Morgan fingerprint density at radius 1 is 0.660 bits per heavy atom. The van der Waals surface area contributed by atoms with Gasteiger partial charge < -0.3 is 9.47 Å². The van der Waals surface area contributed by atoms with Gasteiger partial charge in [0.25, 0.3) is 0 Å². The van der Waals surface area contributed by atoms with Crippen LogP contribution in [0.2, 0.25) is 0 Å². The molecule has 0 amide bonds. The lowest BCUT2D eigenvalue weighted by Gasteiger charge is -2.36. The first-order valence-corrected chi connectivity index (χ1v) is 18.3. The van der Waals surface area contributed by atoms with Crippen molar-refractivity contribution < 1.29 is 0 Å². The Morgan fingerprint density at radius 3 is 2.40 bits per heavy atom. The zero-order valence-electron chi connectivity index (χ0n) is 28.2. The third-order valence-corrected chi connectivity index (χ3v) is 11.5. The van der Waals surface area contributed by atoms with Crippen LogP contribution >= 0.6 is 0 Å². The molecular formula is C48H40N2. The van der Waals surface area contributed by atoms with E-state index >= 15 is 0 Å². The van der Waals surface area contributed by atoms with E-state index in [1.165, 1.54) is 61.0 Å². The van der Waals surface area contributed by atoms with Crippen LogP contribution in [-0.4, -0.2) is 10.6 Å². The highest BCUT2D eigenvalue weighted by atomic mass is 15.2. The summed E-state index contributed by atoms with van der Waals surface area (Å²) >= 11 is 0. The average molecular weight is 645 g/mol. The molecule has 0 bridgehead atoms. The molecule has 1 aromatic heterocycles. The summed E-state index contributed by atoms with van der Waals surface area (Å²) in [6, 6.07) is 34.7. The summed E-state index contributed by atoms with van der Waals surface area (Å²) in [5, 5.41) is 2.64. The van der Waals surface area contributed by atoms with Gasteiger partial charge in [-0.3, -0.25) is 0 Å². The van der Waals surface area contributed by atoms with Crippen molar-refractivity contribution in [2.45, 2.75) is 43.7 Å². The Kier molecular flexibility index (Phi) is 7.08. The molecule has 1 aliphatic heterocycles. The summed E-state index contributed by atoms with van der Waals surface area (Å²) in [5.41, 5.74) is 13.5. The summed E-state index contributed by atoms with van der Waals surface area (Å²) in [6.07, 6.45) is 34.5. The highest BCUT2D eigenvalue weighted by molar-refractivity contribution is 6.10. The quantitative estimate of drug-likeness (QED) is 0.185. The van der Waals surface area contributed by atoms with Crippen LogP contribution in [0.15, 0.2) is 181 Å². The number of aromatic nitrogens is 1. The molecule has 5 aromatic rings. The number of benzene rings is 4. The first kappa shape index (κ1) is 29.3. The molecule has 2 heterocycles. The molecule has 0 fully saturated rings. The maximum atomic E-state index is 2.71. The third kappa shape index (κ3) is 4.77. The van der Waals surface area contributed by atoms with E-state index < -0.39 is 0 Å². The maximum absolute atomic E-state index is 2.71.